The molecule has 29 heavy (non-hydrogen) atoms. The largest absolute Gasteiger partial charge is 0.466 e. The predicted octanol–water partition coefficient (Wildman–Crippen LogP) is 3.98. The van der Waals surface area contributed by atoms with E-state index in [1.165, 1.54) is 24.3 Å². The van der Waals surface area contributed by atoms with Gasteiger partial charge in [0.25, 0.3) is 5.69 Å². The first-order valence-corrected chi connectivity index (χ1v) is 12.7. The molecule has 1 fully saturated rings. The van der Waals surface area contributed by atoms with E-state index in [1.807, 2.05) is 0 Å². The van der Waals surface area contributed by atoms with Gasteiger partial charge < -0.3 is 14.5 Å². The number of esters is 1. The van der Waals surface area contributed by atoms with E-state index >= 15 is 0 Å². The highest BCUT2D eigenvalue weighted by Crippen LogP contribution is 2.48. The molecule has 1 aromatic rings. The number of nitro benzene ring substituents is 1. The molecule has 1 N–H and O–H groups in total. The molecule has 2 rings (SSSR count). The molecule has 1 aromatic carbocycles. The molecule has 0 aromatic heterocycles. The lowest BCUT2D eigenvalue weighted by Crippen LogP contribution is -2.36. The van der Waals surface area contributed by atoms with E-state index in [-0.39, 0.29) is 30.1 Å². The van der Waals surface area contributed by atoms with Crippen molar-refractivity contribution in [1.82, 2.24) is 0 Å². The van der Waals surface area contributed by atoms with Crippen molar-refractivity contribution >= 4 is 31.6 Å². The van der Waals surface area contributed by atoms with Crippen molar-refractivity contribution in [2.24, 2.45) is 17.8 Å². The van der Waals surface area contributed by atoms with Crippen LogP contribution in [-0.2, 0) is 18.8 Å². The highest BCUT2D eigenvalue weighted by atomic mass is 28.4. The van der Waals surface area contributed by atoms with Gasteiger partial charge in [0.15, 0.2) is 8.32 Å². The topological polar surface area (TPSA) is 108 Å². The summed E-state index contributed by atoms with van der Waals surface area (Å²) in [4.78, 5) is 35.3. The number of nitrogens with one attached hydrogen (secondary N) is 1. The Morgan fingerprint density at radius 1 is 1.07 bits per heavy atom. The molecular formula is C20H30N2O6Si. The number of carbonyl (C=O) groups is 2. The third-order valence-electron chi connectivity index (χ3n) is 5.89. The maximum absolute atomic E-state index is 12.8. The van der Waals surface area contributed by atoms with E-state index in [0.717, 1.165) is 18.1 Å². The second-order valence-electron chi connectivity index (χ2n) is 7.32. The Balaban J connectivity index is 2.07. The van der Waals surface area contributed by atoms with Gasteiger partial charge in [-0.05, 0) is 37.2 Å². The fraction of sp³-hybridized carbons (Fsp3) is 0.600. The molecule has 1 aliphatic carbocycles. The summed E-state index contributed by atoms with van der Waals surface area (Å²) in [6, 6.07) is 8.60. The van der Waals surface area contributed by atoms with Crippen molar-refractivity contribution in [2.75, 3.05) is 18.5 Å². The first-order chi connectivity index (χ1) is 13.8. The highest BCUT2D eigenvalue weighted by molar-refractivity contribution is 6.73. The van der Waals surface area contributed by atoms with Gasteiger partial charge in [0.05, 0.1) is 23.4 Å². The number of hydrogen-bond acceptors (Lipinski definition) is 6. The average Bonchev–Trinajstić information content (AvgIpc) is 3.45. The Hall–Kier alpha value is -2.26. The van der Waals surface area contributed by atoms with Gasteiger partial charge >= 0.3 is 5.97 Å². The number of rotatable bonds is 11. The number of amides is 1. The van der Waals surface area contributed by atoms with Crippen LogP contribution in [0.5, 0.6) is 0 Å². The molecular weight excluding hydrogens is 392 g/mol. The normalized spacial score (nSPS) is 20.8. The smallest absolute Gasteiger partial charge is 0.310 e. The Morgan fingerprint density at radius 2 is 1.66 bits per heavy atom. The summed E-state index contributed by atoms with van der Waals surface area (Å²) in [5, 5.41) is 13.5. The van der Waals surface area contributed by atoms with Gasteiger partial charge in [-0.1, -0.05) is 20.8 Å². The first kappa shape index (κ1) is 23.0. The van der Waals surface area contributed by atoms with E-state index in [2.05, 4.69) is 26.1 Å². The van der Waals surface area contributed by atoms with Crippen LogP contribution >= 0.6 is 0 Å². The van der Waals surface area contributed by atoms with Crippen LogP contribution in [0, 0.1) is 27.9 Å². The van der Waals surface area contributed by atoms with Crippen molar-refractivity contribution in [1.29, 1.82) is 0 Å². The van der Waals surface area contributed by atoms with E-state index in [4.69, 9.17) is 9.16 Å². The molecule has 0 spiro atoms. The van der Waals surface area contributed by atoms with Crippen LogP contribution < -0.4 is 5.32 Å². The van der Waals surface area contributed by atoms with Crippen LogP contribution in [-0.4, -0.2) is 38.3 Å². The van der Waals surface area contributed by atoms with Crippen LogP contribution in [0.25, 0.3) is 0 Å². The van der Waals surface area contributed by atoms with Crippen molar-refractivity contribution < 1.29 is 23.7 Å². The number of nitro groups is 1. The Labute approximate surface area is 172 Å². The minimum Gasteiger partial charge on any atom is -0.466 e. The Morgan fingerprint density at radius 3 is 2.14 bits per heavy atom. The lowest BCUT2D eigenvalue weighted by atomic mass is 10.2. The molecule has 0 saturated heterocycles. The number of ether oxygens (including phenoxy) is 1. The van der Waals surface area contributed by atoms with Gasteiger partial charge in [0.1, 0.15) is 0 Å². The quantitative estimate of drug-likeness (QED) is 0.250. The number of non-ortho nitro benzene ring substituents is 1. The fourth-order valence-electron chi connectivity index (χ4n) is 3.72. The van der Waals surface area contributed by atoms with Gasteiger partial charge in [-0.15, -0.1) is 0 Å². The Kier molecular flexibility index (Phi) is 7.92. The van der Waals surface area contributed by atoms with E-state index < -0.39 is 25.1 Å². The molecule has 9 heteroatoms. The second kappa shape index (κ2) is 9.97. The predicted molar refractivity (Wildman–Crippen MR) is 112 cm³/mol. The fourth-order valence-corrected chi connectivity index (χ4v) is 6.38. The van der Waals surface area contributed by atoms with Crippen LogP contribution in [0.15, 0.2) is 24.3 Å². The van der Waals surface area contributed by atoms with Gasteiger partial charge in [-0.2, -0.15) is 0 Å². The summed E-state index contributed by atoms with van der Waals surface area (Å²) < 4.78 is 11.5. The molecule has 0 bridgehead atoms. The SMILES string of the molecule is CCOC(=O)[C@@H]1[C@H](CO[Si](CC)(CC)CC)[C@@H]1C(=O)Nc1ccc([N+](=O)[O-])cc1. The number of carbonyl (C=O) groups excluding carboxylic acids is 2. The highest BCUT2D eigenvalue weighted by Gasteiger charge is 2.60. The van der Waals surface area contributed by atoms with Gasteiger partial charge in [-0.25, -0.2) is 0 Å². The summed E-state index contributed by atoms with van der Waals surface area (Å²) in [7, 11) is -1.83. The van der Waals surface area contributed by atoms with E-state index in [9.17, 15) is 19.7 Å². The third kappa shape index (κ3) is 5.42. The lowest BCUT2D eigenvalue weighted by molar-refractivity contribution is -0.384. The maximum atomic E-state index is 12.8. The molecule has 3 atom stereocenters. The van der Waals surface area contributed by atoms with Crippen LogP contribution in [0.4, 0.5) is 11.4 Å². The zero-order valence-corrected chi connectivity index (χ0v) is 18.5. The third-order valence-corrected chi connectivity index (χ3v) is 10.5. The molecule has 1 saturated carbocycles. The van der Waals surface area contributed by atoms with Gasteiger partial charge in [0.2, 0.25) is 5.91 Å². The molecule has 1 amide bonds. The molecule has 0 unspecified atom stereocenters. The molecule has 0 aliphatic heterocycles. The van der Waals surface area contributed by atoms with Crippen molar-refractivity contribution in [3.8, 4) is 0 Å². The first-order valence-electron chi connectivity index (χ1n) is 10.2. The Bertz CT molecular complexity index is 727. The summed E-state index contributed by atoms with van der Waals surface area (Å²) >= 11 is 0. The zero-order valence-electron chi connectivity index (χ0n) is 17.5. The summed E-state index contributed by atoms with van der Waals surface area (Å²) in [5.74, 6) is -1.89. The monoisotopic (exact) mass is 422 g/mol. The second-order valence-corrected chi connectivity index (χ2v) is 12.1. The van der Waals surface area contributed by atoms with E-state index in [0.29, 0.717) is 12.3 Å². The minimum absolute atomic E-state index is 0.0508. The van der Waals surface area contributed by atoms with Crippen LogP contribution in [0.2, 0.25) is 18.1 Å². The van der Waals surface area contributed by atoms with E-state index in [1.54, 1.807) is 6.92 Å². The maximum Gasteiger partial charge on any atom is 0.310 e. The summed E-state index contributed by atoms with van der Waals surface area (Å²) in [6.07, 6.45) is 0. The standard InChI is InChI=1S/C20H30N2O6Si/c1-5-27-20(24)18-16(13-28-29(6-2,7-3)8-4)17(18)19(23)21-14-9-11-15(12-10-14)22(25)26/h9-12,16-18H,5-8,13H2,1-4H3,(H,21,23)/t16-,17+,18-/m1/s1. The molecule has 8 nitrogen and oxygen atoms in total. The summed E-state index contributed by atoms with van der Waals surface area (Å²) in [6.45, 7) is 8.77. The minimum atomic E-state index is -1.83. The van der Waals surface area contributed by atoms with Crippen molar-refractivity contribution in [2.45, 2.75) is 45.8 Å². The van der Waals surface area contributed by atoms with Crippen molar-refractivity contribution in [3.05, 3.63) is 34.4 Å². The molecule has 1 aliphatic rings. The molecule has 160 valence electrons. The number of nitrogens with zero attached hydrogens (tertiary/aromatic N) is 1. The number of hydrogen-bond donors (Lipinski definition) is 1. The van der Waals surface area contributed by atoms with Gasteiger partial charge in [0, 0.05) is 30.3 Å². The number of benzene rings is 1. The summed E-state index contributed by atoms with van der Waals surface area (Å²) in [5.41, 5.74) is 0.402. The lowest BCUT2D eigenvalue weighted by Gasteiger charge is -2.28. The van der Waals surface area contributed by atoms with Crippen LogP contribution in [0.1, 0.15) is 27.7 Å². The molecule has 0 heterocycles. The average molecular weight is 423 g/mol. The van der Waals surface area contributed by atoms with Gasteiger partial charge in [-0.3, -0.25) is 19.7 Å². The molecule has 0 radical (unpaired) electrons. The zero-order chi connectivity index (χ0) is 21.6. The number of anilines is 1. The van der Waals surface area contributed by atoms with Crippen molar-refractivity contribution in [3.63, 3.8) is 0 Å². The van der Waals surface area contributed by atoms with Crippen LogP contribution in [0.3, 0.4) is 0 Å².